The van der Waals surface area contributed by atoms with Crippen molar-refractivity contribution in [2.45, 2.75) is 12.5 Å². The van der Waals surface area contributed by atoms with E-state index in [1.165, 1.54) is 5.57 Å². The second kappa shape index (κ2) is 3.34. The first-order valence-corrected chi connectivity index (χ1v) is 4.67. The highest BCUT2D eigenvalue weighted by Gasteiger charge is 2.26. The summed E-state index contributed by atoms with van der Waals surface area (Å²) in [5.41, 5.74) is 6.85. The number of hydrogen-bond acceptors (Lipinski definition) is 3. The molecule has 0 aromatic carbocycles. The van der Waals surface area contributed by atoms with Crippen molar-refractivity contribution in [3.8, 4) is 0 Å². The van der Waals surface area contributed by atoms with Gasteiger partial charge in [0.05, 0.1) is 6.04 Å². The van der Waals surface area contributed by atoms with Gasteiger partial charge in [-0.2, -0.15) is 5.10 Å². The van der Waals surface area contributed by atoms with Gasteiger partial charge in [-0.3, -0.25) is 5.01 Å². The zero-order valence-corrected chi connectivity index (χ0v) is 7.85. The molecule has 13 heavy (non-hydrogen) atoms. The van der Waals surface area contributed by atoms with Crippen molar-refractivity contribution in [2.75, 3.05) is 13.6 Å². The highest BCUT2D eigenvalue weighted by molar-refractivity contribution is 5.68. The normalized spacial score (nSPS) is 30.6. The molecular formula is C10H15N3. The summed E-state index contributed by atoms with van der Waals surface area (Å²) in [6.07, 6.45) is 9.61. The Bertz CT molecular complexity index is 278. The molecule has 0 aromatic heterocycles. The number of rotatable bonds is 2. The fraction of sp³-hybridized carbons (Fsp3) is 0.500. The van der Waals surface area contributed by atoms with Crippen LogP contribution in [0.4, 0.5) is 0 Å². The van der Waals surface area contributed by atoms with Gasteiger partial charge in [0.25, 0.3) is 0 Å². The van der Waals surface area contributed by atoms with Crippen LogP contribution in [-0.4, -0.2) is 30.9 Å². The van der Waals surface area contributed by atoms with Gasteiger partial charge in [-0.25, -0.2) is 0 Å². The number of hydrazone groups is 1. The van der Waals surface area contributed by atoms with Crippen LogP contribution in [0.3, 0.4) is 0 Å². The zero-order chi connectivity index (χ0) is 9.26. The molecule has 2 rings (SSSR count). The van der Waals surface area contributed by atoms with Gasteiger partial charge in [-0.1, -0.05) is 18.2 Å². The van der Waals surface area contributed by atoms with Crippen LogP contribution in [-0.2, 0) is 0 Å². The molecule has 70 valence electrons. The molecule has 1 heterocycles. The third-order valence-electron chi connectivity index (χ3n) is 2.60. The second-order valence-electron chi connectivity index (χ2n) is 3.55. The second-order valence-corrected chi connectivity index (χ2v) is 3.55. The summed E-state index contributed by atoms with van der Waals surface area (Å²) in [4.78, 5) is 0. The molecule has 0 aromatic rings. The van der Waals surface area contributed by atoms with E-state index in [9.17, 15) is 0 Å². The first kappa shape index (κ1) is 8.51. The smallest absolute Gasteiger partial charge is 0.0766 e. The maximum absolute atomic E-state index is 5.51. The molecule has 0 spiro atoms. The van der Waals surface area contributed by atoms with E-state index in [1.54, 1.807) is 0 Å². The lowest BCUT2D eigenvalue weighted by molar-refractivity contribution is 0.306. The Morgan fingerprint density at radius 3 is 3.23 bits per heavy atom. The Kier molecular flexibility index (Phi) is 2.19. The maximum atomic E-state index is 5.51. The molecule has 1 aliphatic carbocycles. The van der Waals surface area contributed by atoms with E-state index in [2.05, 4.69) is 23.3 Å². The lowest BCUT2D eigenvalue weighted by Gasteiger charge is -2.23. The van der Waals surface area contributed by atoms with Crippen molar-refractivity contribution in [1.82, 2.24) is 5.01 Å². The first-order valence-electron chi connectivity index (χ1n) is 4.67. The van der Waals surface area contributed by atoms with E-state index in [0.29, 0.717) is 12.0 Å². The quantitative estimate of drug-likeness (QED) is 0.676. The van der Waals surface area contributed by atoms with Gasteiger partial charge < -0.3 is 5.73 Å². The van der Waals surface area contributed by atoms with Gasteiger partial charge in [-0.15, -0.1) is 0 Å². The lowest BCUT2D eigenvalue weighted by Crippen LogP contribution is -2.28. The summed E-state index contributed by atoms with van der Waals surface area (Å²) in [5.74, 6) is 0.464. The van der Waals surface area contributed by atoms with Crippen LogP contribution in [0.5, 0.6) is 0 Å². The Balaban J connectivity index is 2.12. The molecule has 3 nitrogen and oxygen atoms in total. The van der Waals surface area contributed by atoms with Crippen molar-refractivity contribution in [3.05, 3.63) is 23.8 Å². The number of allylic oxidation sites excluding steroid dienone is 1. The molecule has 2 N–H and O–H groups in total. The van der Waals surface area contributed by atoms with Gasteiger partial charge in [0.15, 0.2) is 0 Å². The Labute approximate surface area is 78.6 Å². The molecule has 2 unspecified atom stereocenters. The van der Waals surface area contributed by atoms with Crippen molar-refractivity contribution in [3.63, 3.8) is 0 Å². The summed E-state index contributed by atoms with van der Waals surface area (Å²) in [5, 5.41) is 6.26. The van der Waals surface area contributed by atoms with E-state index in [4.69, 9.17) is 5.73 Å². The molecule has 0 saturated heterocycles. The fourth-order valence-electron chi connectivity index (χ4n) is 1.82. The van der Waals surface area contributed by atoms with E-state index >= 15 is 0 Å². The third-order valence-corrected chi connectivity index (χ3v) is 2.60. The van der Waals surface area contributed by atoms with E-state index in [0.717, 1.165) is 13.0 Å². The average Bonchev–Trinajstić information content (AvgIpc) is 2.49. The van der Waals surface area contributed by atoms with Crippen LogP contribution in [0.15, 0.2) is 28.9 Å². The monoisotopic (exact) mass is 177 g/mol. The van der Waals surface area contributed by atoms with E-state index in [-0.39, 0.29) is 0 Å². The highest BCUT2D eigenvalue weighted by atomic mass is 15.5. The van der Waals surface area contributed by atoms with Crippen LogP contribution >= 0.6 is 0 Å². The SMILES string of the molecule is CN1N=CC2C=CC(CCN)=CC21. The van der Waals surface area contributed by atoms with E-state index in [1.807, 2.05) is 18.3 Å². The minimum atomic E-state index is 0.423. The molecular weight excluding hydrogens is 162 g/mol. The molecule has 0 saturated carbocycles. The number of nitrogens with two attached hydrogens (primary N) is 1. The molecule has 0 amide bonds. The van der Waals surface area contributed by atoms with Crippen molar-refractivity contribution in [2.24, 2.45) is 16.8 Å². The molecule has 0 radical (unpaired) electrons. The van der Waals surface area contributed by atoms with Crippen LogP contribution in [0.25, 0.3) is 0 Å². The summed E-state index contributed by atoms with van der Waals surface area (Å²) >= 11 is 0. The van der Waals surface area contributed by atoms with Crippen molar-refractivity contribution >= 4 is 6.21 Å². The summed E-state index contributed by atoms with van der Waals surface area (Å²) in [6, 6.07) is 0.423. The third kappa shape index (κ3) is 1.52. The molecule has 2 aliphatic rings. The average molecular weight is 177 g/mol. The topological polar surface area (TPSA) is 41.6 Å². The van der Waals surface area contributed by atoms with Gasteiger partial charge in [0, 0.05) is 19.2 Å². The Morgan fingerprint density at radius 2 is 2.46 bits per heavy atom. The van der Waals surface area contributed by atoms with Crippen molar-refractivity contribution in [1.29, 1.82) is 0 Å². The Morgan fingerprint density at radius 1 is 1.62 bits per heavy atom. The maximum Gasteiger partial charge on any atom is 0.0766 e. The van der Waals surface area contributed by atoms with Gasteiger partial charge >= 0.3 is 0 Å². The van der Waals surface area contributed by atoms with Gasteiger partial charge in [0.2, 0.25) is 0 Å². The van der Waals surface area contributed by atoms with E-state index < -0.39 is 0 Å². The van der Waals surface area contributed by atoms with Crippen LogP contribution in [0, 0.1) is 5.92 Å². The van der Waals surface area contributed by atoms with Gasteiger partial charge in [0.1, 0.15) is 0 Å². The van der Waals surface area contributed by atoms with Crippen LogP contribution < -0.4 is 5.73 Å². The zero-order valence-electron chi connectivity index (χ0n) is 7.85. The largest absolute Gasteiger partial charge is 0.330 e. The molecule has 0 fully saturated rings. The first-order chi connectivity index (χ1) is 6.31. The minimum absolute atomic E-state index is 0.423. The summed E-state index contributed by atoms with van der Waals surface area (Å²) in [6.45, 7) is 0.720. The van der Waals surface area contributed by atoms with Crippen LogP contribution in [0.2, 0.25) is 0 Å². The minimum Gasteiger partial charge on any atom is -0.330 e. The van der Waals surface area contributed by atoms with Gasteiger partial charge in [-0.05, 0) is 18.5 Å². The molecule has 3 heteroatoms. The number of hydrogen-bond donors (Lipinski definition) is 1. The number of fused-ring (bicyclic) bond motifs is 1. The standard InChI is InChI=1S/C10H15N3/c1-13-10-6-8(4-5-11)2-3-9(10)7-12-13/h2-3,6-7,9-10H,4-5,11H2,1H3. The number of likely N-dealkylation sites (N-methyl/N-ethyl adjacent to an activating group) is 1. The molecule has 2 atom stereocenters. The lowest BCUT2D eigenvalue weighted by atomic mass is 9.92. The fourth-order valence-corrected chi connectivity index (χ4v) is 1.82. The molecule has 1 aliphatic heterocycles. The molecule has 0 bridgehead atoms. The van der Waals surface area contributed by atoms with Crippen LogP contribution in [0.1, 0.15) is 6.42 Å². The van der Waals surface area contributed by atoms with Crippen molar-refractivity contribution < 1.29 is 0 Å². The Hall–Kier alpha value is -1.09. The predicted molar refractivity (Wildman–Crippen MR) is 54.4 cm³/mol. The number of nitrogens with zero attached hydrogens (tertiary/aromatic N) is 2. The predicted octanol–water partition coefficient (Wildman–Crippen LogP) is 0.747. The summed E-state index contributed by atoms with van der Waals surface area (Å²) in [7, 11) is 2.01. The summed E-state index contributed by atoms with van der Waals surface area (Å²) < 4.78 is 0. The highest BCUT2D eigenvalue weighted by Crippen LogP contribution is 2.25.